The number of aromatic nitrogens is 2. The number of aliphatic imine (C=N–C) groups is 1. The SMILES string of the molecule is CCN1C(=O)c2nc(-c3ccc(F)c(OC)c3)n(CC3CCC3)c2N2CC(C(C)C)N=C12. The molecule has 8 heteroatoms. The molecule has 1 aromatic heterocycles. The number of carbonyl (C=O) groups is 1. The molecule has 1 amide bonds. The number of hydrogen-bond acceptors (Lipinski definition) is 5. The van der Waals surface area contributed by atoms with Crippen LogP contribution in [0.4, 0.5) is 10.2 Å². The summed E-state index contributed by atoms with van der Waals surface area (Å²) >= 11 is 0. The average molecular weight is 440 g/mol. The number of amides is 1. The predicted octanol–water partition coefficient (Wildman–Crippen LogP) is 4.17. The highest BCUT2D eigenvalue weighted by Crippen LogP contribution is 2.40. The molecular formula is C24H30FN5O2. The maximum Gasteiger partial charge on any atom is 0.283 e. The van der Waals surface area contributed by atoms with E-state index in [1.165, 1.54) is 32.4 Å². The third-order valence-electron chi connectivity index (χ3n) is 6.94. The summed E-state index contributed by atoms with van der Waals surface area (Å²) in [7, 11) is 1.45. The Morgan fingerprint density at radius 3 is 2.69 bits per heavy atom. The van der Waals surface area contributed by atoms with Gasteiger partial charge in [-0.1, -0.05) is 20.3 Å². The summed E-state index contributed by atoms with van der Waals surface area (Å²) in [6.07, 6.45) is 3.57. The Bertz CT molecular complexity index is 1090. The zero-order valence-corrected chi connectivity index (χ0v) is 19.1. The van der Waals surface area contributed by atoms with Crippen molar-refractivity contribution in [2.24, 2.45) is 16.8 Å². The van der Waals surface area contributed by atoms with Crippen LogP contribution >= 0.6 is 0 Å². The first-order valence-electron chi connectivity index (χ1n) is 11.5. The van der Waals surface area contributed by atoms with Gasteiger partial charge < -0.3 is 9.30 Å². The number of guanidine groups is 1. The van der Waals surface area contributed by atoms with Gasteiger partial charge in [-0.3, -0.25) is 14.6 Å². The van der Waals surface area contributed by atoms with Crippen molar-refractivity contribution in [2.75, 3.05) is 25.1 Å². The summed E-state index contributed by atoms with van der Waals surface area (Å²) in [6.45, 7) is 8.33. The highest BCUT2D eigenvalue weighted by molar-refractivity contribution is 6.18. The Labute approximate surface area is 187 Å². The van der Waals surface area contributed by atoms with Crippen molar-refractivity contribution < 1.29 is 13.9 Å². The third kappa shape index (κ3) is 3.19. The smallest absolute Gasteiger partial charge is 0.283 e. The van der Waals surface area contributed by atoms with Gasteiger partial charge >= 0.3 is 0 Å². The fraction of sp³-hybridized carbons (Fsp3) is 0.542. The van der Waals surface area contributed by atoms with Crippen LogP contribution in [0, 0.1) is 17.7 Å². The zero-order chi connectivity index (χ0) is 22.6. The first-order chi connectivity index (χ1) is 15.4. The molecule has 7 nitrogen and oxygen atoms in total. The molecule has 170 valence electrons. The topological polar surface area (TPSA) is 63.0 Å². The Kier molecular flexibility index (Phi) is 5.18. The molecule has 1 aromatic carbocycles. The number of nitrogens with zero attached hydrogens (tertiary/aromatic N) is 5. The van der Waals surface area contributed by atoms with E-state index in [4.69, 9.17) is 14.7 Å². The minimum absolute atomic E-state index is 0.121. The van der Waals surface area contributed by atoms with E-state index in [-0.39, 0.29) is 17.7 Å². The van der Waals surface area contributed by atoms with Crippen LogP contribution in [-0.4, -0.2) is 52.6 Å². The summed E-state index contributed by atoms with van der Waals surface area (Å²) in [4.78, 5) is 27.1. The molecule has 1 unspecified atom stereocenters. The van der Waals surface area contributed by atoms with Crippen molar-refractivity contribution in [1.29, 1.82) is 0 Å². The molecule has 32 heavy (non-hydrogen) atoms. The van der Waals surface area contributed by atoms with Gasteiger partial charge in [-0.05, 0) is 49.8 Å². The van der Waals surface area contributed by atoms with Gasteiger partial charge in [0, 0.05) is 18.7 Å². The van der Waals surface area contributed by atoms with Gasteiger partial charge in [0.1, 0.15) is 11.6 Å². The van der Waals surface area contributed by atoms with Crippen LogP contribution in [0.15, 0.2) is 23.2 Å². The number of ether oxygens (including phenoxy) is 1. The van der Waals surface area contributed by atoms with Gasteiger partial charge in [-0.15, -0.1) is 0 Å². The van der Waals surface area contributed by atoms with Crippen LogP contribution in [0.5, 0.6) is 5.75 Å². The number of anilines is 1. The largest absolute Gasteiger partial charge is 0.494 e. The minimum atomic E-state index is -0.417. The minimum Gasteiger partial charge on any atom is -0.494 e. The van der Waals surface area contributed by atoms with Crippen LogP contribution in [0.25, 0.3) is 11.4 Å². The second-order valence-electron chi connectivity index (χ2n) is 9.26. The van der Waals surface area contributed by atoms with Gasteiger partial charge in [0.25, 0.3) is 5.91 Å². The molecule has 0 N–H and O–H groups in total. The average Bonchev–Trinajstić information content (AvgIpc) is 3.34. The zero-order valence-electron chi connectivity index (χ0n) is 19.1. The van der Waals surface area contributed by atoms with E-state index >= 15 is 0 Å². The molecule has 1 saturated carbocycles. The standard InChI is InChI=1S/C24H30FN5O2/c1-5-28-23(31)20-22(30-13-18(14(2)3)26-24(28)30)29(12-15-7-6-8-15)21(27-20)16-9-10-17(25)19(11-16)32-4/h9-11,14-15,18H,5-8,12-13H2,1-4H3. The van der Waals surface area contributed by atoms with Gasteiger partial charge in [0.2, 0.25) is 5.96 Å². The Morgan fingerprint density at radius 1 is 1.28 bits per heavy atom. The van der Waals surface area contributed by atoms with Gasteiger partial charge in [-0.25, -0.2) is 14.4 Å². The highest BCUT2D eigenvalue weighted by Gasteiger charge is 2.44. The van der Waals surface area contributed by atoms with E-state index in [2.05, 4.69) is 23.3 Å². The molecule has 3 aliphatic rings. The molecule has 0 bridgehead atoms. The number of halogens is 1. The van der Waals surface area contributed by atoms with Gasteiger partial charge in [-0.2, -0.15) is 0 Å². The summed E-state index contributed by atoms with van der Waals surface area (Å²) in [6, 6.07) is 4.89. The molecule has 5 rings (SSSR count). The van der Waals surface area contributed by atoms with Crippen molar-refractivity contribution in [3.8, 4) is 17.1 Å². The van der Waals surface area contributed by atoms with E-state index in [1.54, 1.807) is 17.0 Å². The molecule has 2 aromatic rings. The fourth-order valence-electron chi connectivity index (χ4n) is 4.77. The molecule has 2 aliphatic heterocycles. The second kappa shape index (κ2) is 7.90. The molecule has 0 spiro atoms. The van der Waals surface area contributed by atoms with Crippen molar-refractivity contribution >= 4 is 17.7 Å². The number of fused-ring (bicyclic) bond motifs is 3. The Morgan fingerprint density at radius 2 is 2.06 bits per heavy atom. The van der Waals surface area contributed by atoms with Gasteiger partial charge in [0.05, 0.1) is 19.7 Å². The van der Waals surface area contributed by atoms with E-state index in [0.29, 0.717) is 29.9 Å². The molecule has 1 aliphatic carbocycles. The number of carbonyl (C=O) groups excluding carboxylic acids is 1. The number of methoxy groups -OCH3 is 1. The van der Waals surface area contributed by atoms with Gasteiger partial charge in [0.15, 0.2) is 17.3 Å². The van der Waals surface area contributed by atoms with E-state index in [9.17, 15) is 9.18 Å². The van der Waals surface area contributed by atoms with Crippen LogP contribution in [-0.2, 0) is 6.54 Å². The lowest BCUT2D eigenvalue weighted by molar-refractivity contribution is 0.0841. The van der Waals surface area contributed by atoms with E-state index in [0.717, 1.165) is 30.4 Å². The summed E-state index contributed by atoms with van der Waals surface area (Å²) in [5.74, 6) is 2.78. The molecule has 1 fully saturated rings. The van der Waals surface area contributed by atoms with Crippen LogP contribution < -0.4 is 9.64 Å². The summed E-state index contributed by atoms with van der Waals surface area (Å²) in [5, 5.41) is 0. The maximum atomic E-state index is 14.1. The first kappa shape index (κ1) is 21.0. The predicted molar refractivity (Wildman–Crippen MR) is 122 cm³/mol. The van der Waals surface area contributed by atoms with E-state index in [1.807, 2.05) is 6.92 Å². The molecular weight excluding hydrogens is 409 g/mol. The van der Waals surface area contributed by atoms with Crippen molar-refractivity contribution in [3.05, 3.63) is 29.7 Å². The number of imidazole rings is 1. The van der Waals surface area contributed by atoms with Crippen LogP contribution in [0.1, 0.15) is 50.5 Å². The monoisotopic (exact) mass is 439 g/mol. The number of hydrogen-bond donors (Lipinski definition) is 0. The van der Waals surface area contributed by atoms with Crippen molar-refractivity contribution in [1.82, 2.24) is 14.5 Å². The molecule has 3 heterocycles. The Balaban J connectivity index is 1.68. The quantitative estimate of drug-likeness (QED) is 0.678. The Hall–Kier alpha value is -2.90. The van der Waals surface area contributed by atoms with Crippen molar-refractivity contribution in [2.45, 2.75) is 52.6 Å². The molecule has 1 atom stereocenters. The normalized spacial score (nSPS) is 20.4. The van der Waals surface area contributed by atoms with Crippen LogP contribution in [0.3, 0.4) is 0 Å². The van der Waals surface area contributed by atoms with Crippen LogP contribution in [0.2, 0.25) is 0 Å². The second-order valence-corrected chi connectivity index (χ2v) is 9.26. The highest BCUT2D eigenvalue weighted by atomic mass is 19.1. The molecule has 0 radical (unpaired) electrons. The number of rotatable bonds is 6. The fourth-order valence-corrected chi connectivity index (χ4v) is 4.77. The molecule has 0 saturated heterocycles. The lowest BCUT2D eigenvalue weighted by Gasteiger charge is -2.35. The lowest BCUT2D eigenvalue weighted by atomic mass is 9.85. The number of benzene rings is 1. The summed E-state index contributed by atoms with van der Waals surface area (Å²) in [5.41, 5.74) is 1.19. The maximum absolute atomic E-state index is 14.1. The lowest BCUT2D eigenvalue weighted by Crippen LogP contribution is -2.51. The summed E-state index contributed by atoms with van der Waals surface area (Å²) < 4.78 is 21.5. The third-order valence-corrected chi connectivity index (χ3v) is 6.94. The van der Waals surface area contributed by atoms with E-state index < -0.39 is 5.82 Å². The van der Waals surface area contributed by atoms with Crippen molar-refractivity contribution in [3.63, 3.8) is 0 Å². The first-order valence-corrected chi connectivity index (χ1v) is 11.5.